The van der Waals surface area contributed by atoms with Crippen LogP contribution in [-0.2, 0) is 0 Å². The summed E-state index contributed by atoms with van der Waals surface area (Å²) < 4.78 is 6.38. The number of nitrogens with zero attached hydrogens (tertiary/aromatic N) is 1. The normalized spacial score (nSPS) is 11.5. The number of hydrogen-bond acceptors (Lipinski definition) is 2. The van der Waals surface area contributed by atoms with Crippen LogP contribution in [0.1, 0.15) is 25.3 Å². The molecule has 2 nitrogen and oxygen atoms in total. The first-order chi connectivity index (χ1) is 16.7. The highest BCUT2D eigenvalue weighted by atomic mass is 16.3. The van der Waals surface area contributed by atoms with E-state index >= 15 is 0 Å². The van der Waals surface area contributed by atoms with Crippen LogP contribution in [0.5, 0.6) is 0 Å². The third-order valence-corrected chi connectivity index (χ3v) is 6.53. The number of hydrogen-bond donors (Lipinski definition) is 0. The SMILES string of the molecule is CC(C)c1ccnc(-c2cccc3c2oc2ccc(-c4cccc(-c5ccccc5)c4)cc23)c1. The number of pyridine rings is 1. The second-order valence-electron chi connectivity index (χ2n) is 9.07. The average Bonchev–Trinajstić information content (AvgIpc) is 3.27. The van der Waals surface area contributed by atoms with Gasteiger partial charge < -0.3 is 4.42 Å². The van der Waals surface area contributed by atoms with E-state index < -0.39 is 0 Å². The van der Waals surface area contributed by atoms with E-state index in [-0.39, 0.29) is 0 Å². The molecule has 34 heavy (non-hydrogen) atoms. The maximum atomic E-state index is 6.38. The van der Waals surface area contributed by atoms with Crippen molar-refractivity contribution in [2.45, 2.75) is 19.8 Å². The quantitative estimate of drug-likeness (QED) is 0.274. The molecule has 2 heterocycles. The van der Waals surface area contributed by atoms with E-state index in [1.807, 2.05) is 12.3 Å². The van der Waals surface area contributed by atoms with Gasteiger partial charge >= 0.3 is 0 Å². The van der Waals surface area contributed by atoms with Crippen molar-refractivity contribution in [1.29, 1.82) is 0 Å². The van der Waals surface area contributed by atoms with Crippen LogP contribution in [0.3, 0.4) is 0 Å². The molecule has 2 heteroatoms. The van der Waals surface area contributed by atoms with E-state index in [1.165, 1.54) is 27.8 Å². The maximum absolute atomic E-state index is 6.38. The van der Waals surface area contributed by atoms with Crippen LogP contribution in [0.15, 0.2) is 114 Å². The highest BCUT2D eigenvalue weighted by Crippen LogP contribution is 2.38. The fourth-order valence-electron chi connectivity index (χ4n) is 4.64. The maximum Gasteiger partial charge on any atom is 0.144 e. The molecule has 0 fully saturated rings. The predicted molar refractivity (Wildman–Crippen MR) is 142 cm³/mol. The van der Waals surface area contributed by atoms with Gasteiger partial charge in [-0.3, -0.25) is 4.98 Å². The molecule has 0 saturated heterocycles. The molecule has 6 rings (SSSR count). The van der Waals surface area contributed by atoms with Gasteiger partial charge in [-0.05, 0) is 70.1 Å². The van der Waals surface area contributed by atoms with Crippen LogP contribution in [0.4, 0.5) is 0 Å². The van der Waals surface area contributed by atoms with E-state index in [4.69, 9.17) is 4.42 Å². The van der Waals surface area contributed by atoms with Gasteiger partial charge in [-0.25, -0.2) is 0 Å². The Balaban J connectivity index is 1.48. The minimum absolute atomic E-state index is 0.450. The zero-order valence-electron chi connectivity index (χ0n) is 19.3. The fraction of sp³-hybridized carbons (Fsp3) is 0.0938. The van der Waals surface area contributed by atoms with Crippen LogP contribution in [0, 0.1) is 0 Å². The van der Waals surface area contributed by atoms with Gasteiger partial charge in [0.25, 0.3) is 0 Å². The summed E-state index contributed by atoms with van der Waals surface area (Å²) in [6.45, 7) is 4.41. The molecule has 0 spiro atoms. The van der Waals surface area contributed by atoms with Gasteiger partial charge in [0.15, 0.2) is 0 Å². The molecule has 0 N–H and O–H groups in total. The van der Waals surface area contributed by atoms with E-state index in [0.717, 1.165) is 33.2 Å². The molecule has 0 bridgehead atoms. The minimum atomic E-state index is 0.450. The Labute approximate surface area is 199 Å². The molecule has 0 aliphatic heterocycles. The zero-order chi connectivity index (χ0) is 23.1. The van der Waals surface area contributed by atoms with Crippen molar-refractivity contribution in [2.24, 2.45) is 0 Å². The van der Waals surface area contributed by atoms with Crippen LogP contribution < -0.4 is 0 Å². The number of fused-ring (bicyclic) bond motifs is 3. The predicted octanol–water partition coefficient (Wildman–Crippen LogP) is 9.11. The first kappa shape index (κ1) is 20.4. The summed E-state index contributed by atoms with van der Waals surface area (Å²) in [4.78, 5) is 4.66. The van der Waals surface area contributed by atoms with Crippen molar-refractivity contribution in [1.82, 2.24) is 4.98 Å². The lowest BCUT2D eigenvalue weighted by atomic mass is 9.97. The summed E-state index contributed by atoms with van der Waals surface area (Å²) in [5, 5.41) is 2.24. The van der Waals surface area contributed by atoms with Crippen molar-refractivity contribution < 1.29 is 4.42 Å². The monoisotopic (exact) mass is 439 g/mol. The topological polar surface area (TPSA) is 26.0 Å². The first-order valence-corrected chi connectivity index (χ1v) is 11.7. The van der Waals surface area contributed by atoms with Gasteiger partial charge in [-0.2, -0.15) is 0 Å². The number of furan rings is 1. The Bertz CT molecular complexity index is 1630. The number of para-hydroxylation sites is 1. The smallest absolute Gasteiger partial charge is 0.144 e. The molecule has 0 amide bonds. The molecule has 164 valence electrons. The Morgan fingerprint density at radius 3 is 2.18 bits per heavy atom. The third-order valence-electron chi connectivity index (χ3n) is 6.53. The molecule has 0 unspecified atom stereocenters. The van der Waals surface area contributed by atoms with Crippen molar-refractivity contribution in [2.75, 3.05) is 0 Å². The van der Waals surface area contributed by atoms with Crippen molar-refractivity contribution in [3.8, 4) is 33.5 Å². The summed E-state index contributed by atoms with van der Waals surface area (Å²) in [5.41, 5.74) is 9.85. The summed E-state index contributed by atoms with van der Waals surface area (Å²) >= 11 is 0. The summed E-state index contributed by atoms with van der Waals surface area (Å²) in [5.74, 6) is 0.450. The minimum Gasteiger partial charge on any atom is -0.455 e. The van der Waals surface area contributed by atoms with Gasteiger partial charge in [0.05, 0.1) is 5.69 Å². The molecule has 0 saturated carbocycles. The first-order valence-electron chi connectivity index (χ1n) is 11.7. The molecular weight excluding hydrogens is 414 g/mol. The van der Waals surface area contributed by atoms with Crippen LogP contribution in [0.25, 0.3) is 55.4 Å². The Hall–Kier alpha value is -4.17. The van der Waals surface area contributed by atoms with Gasteiger partial charge in [-0.15, -0.1) is 0 Å². The Kier molecular flexibility index (Phi) is 5.00. The van der Waals surface area contributed by atoms with Crippen LogP contribution in [0.2, 0.25) is 0 Å². The van der Waals surface area contributed by atoms with Crippen LogP contribution in [-0.4, -0.2) is 4.98 Å². The van der Waals surface area contributed by atoms with Gasteiger partial charge in [0.1, 0.15) is 11.2 Å². The highest BCUT2D eigenvalue weighted by Gasteiger charge is 2.14. The third kappa shape index (κ3) is 3.58. The molecule has 0 aliphatic carbocycles. The zero-order valence-corrected chi connectivity index (χ0v) is 19.3. The molecule has 2 aromatic heterocycles. The summed E-state index contributed by atoms with van der Waals surface area (Å²) in [6.07, 6.45) is 1.89. The molecular formula is C32H25NO. The van der Waals surface area contributed by atoms with Gasteiger partial charge in [-0.1, -0.05) is 80.6 Å². The Morgan fingerprint density at radius 2 is 1.35 bits per heavy atom. The van der Waals surface area contributed by atoms with E-state index in [2.05, 4.69) is 116 Å². The lowest BCUT2D eigenvalue weighted by Crippen LogP contribution is -1.90. The Morgan fingerprint density at radius 1 is 0.618 bits per heavy atom. The second-order valence-corrected chi connectivity index (χ2v) is 9.07. The van der Waals surface area contributed by atoms with E-state index in [0.29, 0.717) is 5.92 Å². The standard InChI is InChI=1S/C32H25NO/c1-21(2)23-16-17-33-30(20-23)28-13-7-12-27-29-19-26(14-15-31(29)34-32(27)28)25-11-6-10-24(18-25)22-8-4-3-5-9-22/h3-21H,1-2H3. The van der Waals surface area contributed by atoms with Crippen molar-refractivity contribution in [3.63, 3.8) is 0 Å². The van der Waals surface area contributed by atoms with Gasteiger partial charge in [0, 0.05) is 22.5 Å². The number of benzene rings is 4. The lowest BCUT2D eigenvalue weighted by molar-refractivity contribution is 0.670. The summed E-state index contributed by atoms with van der Waals surface area (Å²) in [6, 6.07) is 36.3. The number of aromatic nitrogens is 1. The largest absolute Gasteiger partial charge is 0.455 e. The number of rotatable bonds is 4. The van der Waals surface area contributed by atoms with Crippen molar-refractivity contribution in [3.05, 3.63) is 115 Å². The van der Waals surface area contributed by atoms with Crippen molar-refractivity contribution >= 4 is 21.9 Å². The second kappa shape index (κ2) is 8.31. The molecule has 0 atom stereocenters. The van der Waals surface area contributed by atoms with E-state index in [9.17, 15) is 0 Å². The average molecular weight is 440 g/mol. The molecule has 0 aliphatic rings. The molecule has 6 aromatic rings. The molecule has 4 aromatic carbocycles. The van der Waals surface area contributed by atoms with E-state index in [1.54, 1.807) is 0 Å². The highest BCUT2D eigenvalue weighted by molar-refractivity contribution is 6.10. The summed E-state index contributed by atoms with van der Waals surface area (Å²) in [7, 11) is 0. The fourth-order valence-corrected chi connectivity index (χ4v) is 4.64. The lowest BCUT2D eigenvalue weighted by Gasteiger charge is -2.08. The van der Waals surface area contributed by atoms with Gasteiger partial charge in [0.2, 0.25) is 0 Å². The van der Waals surface area contributed by atoms with Crippen LogP contribution >= 0.6 is 0 Å². The molecule has 0 radical (unpaired) electrons.